The van der Waals surface area contributed by atoms with E-state index >= 15 is 0 Å². The summed E-state index contributed by atoms with van der Waals surface area (Å²) >= 11 is 0. The molecule has 1 aromatic heterocycles. The van der Waals surface area contributed by atoms with Gasteiger partial charge in [-0.3, -0.25) is 29.0 Å². The summed E-state index contributed by atoms with van der Waals surface area (Å²) in [6.07, 6.45) is 11.8. The Morgan fingerprint density at radius 1 is 0.828 bits per heavy atom. The first-order valence-corrected chi connectivity index (χ1v) is 19.7. The van der Waals surface area contributed by atoms with Crippen LogP contribution < -0.4 is 37.6 Å². The summed E-state index contributed by atoms with van der Waals surface area (Å²) in [5.74, 6) is -2.59. The molecule has 58 heavy (non-hydrogen) atoms. The van der Waals surface area contributed by atoms with Crippen LogP contribution in [0.25, 0.3) is 6.08 Å². The summed E-state index contributed by atoms with van der Waals surface area (Å²) in [6.45, 7) is 2.20. The average molecular weight is 795 g/mol. The quantitative estimate of drug-likeness (QED) is 0.0468. The molecule has 2 aromatic carbocycles. The van der Waals surface area contributed by atoms with Crippen LogP contribution in [0.4, 0.5) is 16.2 Å². The van der Waals surface area contributed by atoms with Crippen LogP contribution in [0.15, 0.2) is 79.1 Å². The van der Waals surface area contributed by atoms with E-state index in [1.54, 1.807) is 54.9 Å². The Kier molecular flexibility index (Phi) is 17.6. The van der Waals surface area contributed by atoms with Gasteiger partial charge < -0.3 is 42.4 Å². The van der Waals surface area contributed by atoms with Crippen LogP contribution in [0.1, 0.15) is 87.3 Å². The van der Waals surface area contributed by atoms with Crippen molar-refractivity contribution >= 4 is 59.3 Å². The fourth-order valence-corrected chi connectivity index (χ4v) is 6.65. The molecule has 1 fully saturated rings. The highest BCUT2D eigenvalue weighted by Crippen LogP contribution is 2.28. The molecule has 8 N–H and O–H groups in total. The molecule has 1 aliphatic carbocycles. The van der Waals surface area contributed by atoms with Crippen molar-refractivity contribution in [2.75, 3.05) is 17.2 Å². The second kappa shape index (κ2) is 23.0. The number of aromatic nitrogens is 1. The summed E-state index contributed by atoms with van der Waals surface area (Å²) < 4.78 is 0. The van der Waals surface area contributed by atoms with Gasteiger partial charge in [-0.25, -0.2) is 4.79 Å². The van der Waals surface area contributed by atoms with Gasteiger partial charge in [0.2, 0.25) is 29.5 Å². The molecule has 0 radical (unpaired) electrons. The molecule has 15 heteroatoms. The zero-order valence-corrected chi connectivity index (χ0v) is 32.9. The number of primary amides is 1. The lowest BCUT2D eigenvalue weighted by molar-refractivity contribution is -0.136. The van der Waals surface area contributed by atoms with E-state index in [4.69, 9.17) is 5.73 Å². The molecular formula is C43H54N8O7. The van der Waals surface area contributed by atoms with Gasteiger partial charge in [-0.05, 0) is 98.9 Å². The fraction of sp³-hybridized carbons (Fsp3) is 0.395. The molecule has 1 heterocycles. The van der Waals surface area contributed by atoms with E-state index in [1.807, 2.05) is 31.2 Å². The number of carbonyl (C=O) groups excluding carboxylic acids is 7. The Labute approximate surface area is 338 Å². The van der Waals surface area contributed by atoms with Gasteiger partial charge in [-0.1, -0.05) is 55.7 Å². The molecule has 0 spiro atoms. The molecule has 1 saturated carbocycles. The number of hydrogen-bond donors (Lipinski definition) is 7. The van der Waals surface area contributed by atoms with E-state index in [1.165, 1.54) is 6.08 Å². The molecule has 0 aliphatic heterocycles. The van der Waals surface area contributed by atoms with Crippen LogP contribution in [0.2, 0.25) is 0 Å². The second-order valence-corrected chi connectivity index (χ2v) is 14.4. The van der Waals surface area contributed by atoms with Crippen LogP contribution in [-0.2, 0) is 35.2 Å². The number of carbonyl (C=O) groups is 7. The van der Waals surface area contributed by atoms with Crippen LogP contribution in [0.5, 0.6) is 0 Å². The maximum Gasteiger partial charge on any atom is 0.323 e. The highest BCUT2D eigenvalue weighted by Gasteiger charge is 2.41. The van der Waals surface area contributed by atoms with Crippen molar-refractivity contribution < 1.29 is 33.6 Å². The zero-order valence-electron chi connectivity index (χ0n) is 32.9. The number of hydrogen-bond acceptors (Lipinski definition) is 8. The number of urea groups is 1. The first kappa shape index (κ1) is 44.3. The number of pyridine rings is 1. The van der Waals surface area contributed by atoms with Gasteiger partial charge in [0.05, 0.1) is 6.42 Å². The highest BCUT2D eigenvalue weighted by atomic mass is 16.2. The zero-order chi connectivity index (χ0) is 41.8. The Morgan fingerprint density at radius 3 is 2.24 bits per heavy atom. The number of unbranched alkanes of at least 4 members (excludes halogenated alkanes) is 2. The minimum atomic E-state index is -1.23. The van der Waals surface area contributed by atoms with E-state index in [2.05, 4.69) is 36.9 Å². The third kappa shape index (κ3) is 14.6. The van der Waals surface area contributed by atoms with Gasteiger partial charge >= 0.3 is 6.03 Å². The van der Waals surface area contributed by atoms with Crippen molar-refractivity contribution in [2.45, 2.75) is 102 Å². The van der Waals surface area contributed by atoms with Gasteiger partial charge in [0.25, 0.3) is 0 Å². The summed E-state index contributed by atoms with van der Waals surface area (Å²) in [6, 6.07) is 15.1. The molecule has 0 saturated heterocycles. The van der Waals surface area contributed by atoms with Crippen molar-refractivity contribution in [1.29, 1.82) is 0 Å². The number of rotatable bonds is 21. The molecule has 15 nitrogen and oxygen atoms in total. The van der Waals surface area contributed by atoms with Gasteiger partial charge in [0.1, 0.15) is 23.9 Å². The molecule has 7 amide bonds. The van der Waals surface area contributed by atoms with Crippen LogP contribution in [0, 0.1) is 6.92 Å². The van der Waals surface area contributed by atoms with E-state index in [0.29, 0.717) is 68.4 Å². The third-order valence-corrected chi connectivity index (χ3v) is 9.94. The monoisotopic (exact) mass is 794 g/mol. The lowest BCUT2D eigenvalue weighted by Gasteiger charge is -2.36. The molecule has 3 aromatic rings. The number of nitrogens with zero attached hydrogens (tertiary/aromatic N) is 1. The third-order valence-electron chi connectivity index (χ3n) is 9.94. The maximum absolute atomic E-state index is 13.9. The summed E-state index contributed by atoms with van der Waals surface area (Å²) in [5, 5.41) is 16.8. The Hall–Kier alpha value is -6.38. The first-order valence-electron chi connectivity index (χ1n) is 19.7. The highest BCUT2D eigenvalue weighted by molar-refractivity contribution is 6.00. The standard InChI is InChI=1S/C43H54N8O7/c1-30-12-3-4-14-34(30)50-42(58)47-33-20-17-31(18-21-33)28-38(54)48-35(15-5-9-26-46-37(53)22-19-32-13-11-25-45-29-32)39(55)49-36(16-6-10-27-52)40(56)51-43(41(44)57)23-7-2-8-24-43/h3-4,11-14,17-22,25,27,29,35-36H,2,5-10,15-16,23-24,26,28H2,1H3,(H2,44,57)(H,46,53)(H,48,54)(H,49,55)(H,51,56)(H2,47,50,58)/b22-19+/t35-,36-/m0/s1. The summed E-state index contributed by atoms with van der Waals surface area (Å²) in [5.41, 5.74) is 8.03. The molecule has 0 bridgehead atoms. The lowest BCUT2D eigenvalue weighted by atomic mass is 9.80. The topological polar surface area (TPSA) is 231 Å². The Morgan fingerprint density at radius 2 is 1.55 bits per heavy atom. The molecule has 0 unspecified atom stereocenters. The normalized spacial score (nSPS) is 14.3. The summed E-state index contributed by atoms with van der Waals surface area (Å²) in [7, 11) is 0. The largest absolute Gasteiger partial charge is 0.368 e. The van der Waals surface area contributed by atoms with Gasteiger partial charge in [-0.2, -0.15) is 0 Å². The number of anilines is 2. The van der Waals surface area contributed by atoms with Crippen molar-refractivity contribution in [1.82, 2.24) is 26.3 Å². The lowest BCUT2D eigenvalue weighted by Crippen LogP contribution is -2.62. The fourth-order valence-electron chi connectivity index (χ4n) is 6.65. The average Bonchev–Trinajstić information content (AvgIpc) is 3.21. The first-order chi connectivity index (χ1) is 28.0. The number of aryl methyl sites for hydroxylation is 1. The minimum absolute atomic E-state index is 0.0802. The van der Waals surface area contributed by atoms with Crippen LogP contribution >= 0.6 is 0 Å². The van der Waals surface area contributed by atoms with Gasteiger partial charge in [0.15, 0.2) is 0 Å². The van der Waals surface area contributed by atoms with Gasteiger partial charge in [0, 0.05) is 42.8 Å². The number of para-hydroxylation sites is 1. The number of nitrogens with two attached hydrogens (primary N) is 1. The predicted molar refractivity (Wildman–Crippen MR) is 221 cm³/mol. The van der Waals surface area contributed by atoms with E-state index in [-0.39, 0.29) is 31.6 Å². The molecule has 308 valence electrons. The molecule has 4 rings (SSSR count). The van der Waals surface area contributed by atoms with Crippen molar-refractivity contribution in [3.05, 3.63) is 95.8 Å². The number of nitrogens with one attached hydrogen (secondary N) is 6. The van der Waals surface area contributed by atoms with E-state index in [0.717, 1.165) is 23.8 Å². The van der Waals surface area contributed by atoms with E-state index in [9.17, 15) is 33.6 Å². The van der Waals surface area contributed by atoms with Crippen LogP contribution in [0.3, 0.4) is 0 Å². The summed E-state index contributed by atoms with van der Waals surface area (Å²) in [4.78, 5) is 93.5. The number of amides is 7. The van der Waals surface area contributed by atoms with Crippen molar-refractivity contribution in [2.24, 2.45) is 5.73 Å². The smallest absolute Gasteiger partial charge is 0.323 e. The van der Waals surface area contributed by atoms with E-state index < -0.39 is 47.3 Å². The maximum atomic E-state index is 13.9. The minimum Gasteiger partial charge on any atom is -0.368 e. The Balaban J connectivity index is 1.40. The van der Waals surface area contributed by atoms with Gasteiger partial charge in [-0.15, -0.1) is 0 Å². The number of benzene rings is 2. The SMILES string of the molecule is Cc1ccccc1NC(=O)Nc1ccc(CC(=O)N[C@@H](CCCCNC(=O)/C=C/c2cccnc2)C(=O)N[C@@H](CCCC=O)C(=O)NC2(C(N)=O)CCCCC2)cc1. The number of aldehydes is 1. The molecule has 1 aliphatic rings. The molecule has 2 atom stereocenters. The molecular weight excluding hydrogens is 741 g/mol. The Bertz CT molecular complexity index is 1900. The van der Waals surface area contributed by atoms with Crippen molar-refractivity contribution in [3.8, 4) is 0 Å². The second-order valence-electron chi connectivity index (χ2n) is 14.4. The predicted octanol–water partition coefficient (Wildman–Crippen LogP) is 4.22. The van der Waals surface area contributed by atoms with Crippen LogP contribution in [-0.4, -0.2) is 71.0 Å². The van der Waals surface area contributed by atoms with Crippen molar-refractivity contribution in [3.63, 3.8) is 0 Å².